The van der Waals surface area contributed by atoms with Gasteiger partial charge in [-0.05, 0) is 67.2 Å². The Morgan fingerprint density at radius 2 is 0.735 bits per heavy atom. The third-order valence-electron chi connectivity index (χ3n) is 4.30. The highest BCUT2D eigenvalue weighted by atomic mass is 28.4. The zero-order chi connectivity index (χ0) is 26.5. The molecule has 0 unspecified atom stereocenters. The molecule has 34 heavy (non-hydrogen) atoms. The summed E-state index contributed by atoms with van der Waals surface area (Å²) in [6.45, 7) is 4.24. The van der Waals surface area contributed by atoms with Crippen LogP contribution in [0.15, 0.2) is 36.4 Å². The van der Waals surface area contributed by atoms with Gasteiger partial charge in [0.1, 0.15) is 0 Å². The Hall–Kier alpha value is -2.22. The molecule has 0 aromatic heterocycles. The van der Waals surface area contributed by atoms with Crippen molar-refractivity contribution in [1.29, 1.82) is 0 Å². The van der Waals surface area contributed by atoms with Crippen molar-refractivity contribution in [2.24, 2.45) is 0 Å². The van der Waals surface area contributed by atoms with Crippen molar-refractivity contribution in [2.45, 2.75) is 50.5 Å². The largest absolute Gasteiger partial charge is 0.416 e. The first-order valence-electron chi connectivity index (χ1n) is 9.25. The quantitative estimate of drug-likeness (QED) is 0.285. The van der Waals surface area contributed by atoms with Crippen molar-refractivity contribution >= 4 is 8.32 Å². The van der Waals surface area contributed by atoms with Gasteiger partial charge in [-0.25, -0.2) is 0 Å². The molecular weight excluding hydrogens is 512 g/mol. The molecule has 0 fully saturated rings. The minimum Gasteiger partial charge on any atom is -0.407 e. The second-order valence-electron chi connectivity index (χ2n) is 8.29. The molecule has 0 N–H and O–H groups in total. The first-order valence-corrected chi connectivity index (χ1v) is 12.7. The predicted molar refractivity (Wildman–Crippen MR) is 99.2 cm³/mol. The number of rotatable bonds is 4. The Labute approximate surface area is 186 Å². The molecule has 14 heteroatoms. The van der Waals surface area contributed by atoms with E-state index >= 15 is 0 Å². The molecule has 2 aromatic rings. The first-order chi connectivity index (χ1) is 15.0. The SMILES string of the molecule is C[Si](C)(C)OC(c1cc(C(F)(F)F)cc(C(F)(F)F)c1)c1cc(C(F)(F)F)cc(C(F)(F)F)c1. The topological polar surface area (TPSA) is 9.23 Å². The second-order valence-corrected chi connectivity index (χ2v) is 12.7. The van der Waals surface area contributed by atoms with Crippen LogP contribution in [0.1, 0.15) is 39.5 Å². The van der Waals surface area contributed by atoms with Crippen molar-refractivity contribution in [3.8, 4) is 0 Å². The molecule has 0 spiro atoms. The number of hydrogen-bond acceptors (Lipinski definition) is 1. The smallest absolute Gasteiger partial charge is 0.407 e. The maximum atomic E-state index is 13.3. The molecule has 0 aliphatic carbocycles. The normalized spacial score (nSPS) is 14.1. The van der Waals surface area contributed by atoms with E-state index in [1.807, 2.05) is 0 Å². The maximum absolute atomic E-state index is 13.3. The summed E-state index contributed by atoms with van der Waals surface area (Å²) in [5.41, 5.74) is -8.93. The van der Waals surface area contributed by atoms with Crippen molar-refractivity contribution in [3.63, 3.8) is 0 Å². The molecule has 1 nitrogen and oxygen atoms in total. The molecule has 190 valence electrons. The lowest BCUT2D eigenvalue weighted by atomic mass is 9.94. The minimum absolute atomic E-state index is 0.206. The van der Waals surface area contributed by atoms with Crippen LogP contribution in [-0.2, 0) is 29.1 Å². The van der Waals surface area contributed by atoms with Crippen LogP contribution >= 0.6 is 0 Å². The molecule has 0 amide bonds. The van der Waals surface area contributed by atoms with Crippen molar-refractivity contribution < 1.29 is 57.1 Å². The van der Waals surface area contributed by atoms with Crippen LogP contribution in [-0.4, -0.2) is 8.32 Å². The lowest BCUT2D eigenvalue weighted by Gasteiger charge is -2.29. The summed E-state index contributed by atoms with van der Waals surface area (Å²) >= 11 is 0. The van der Waals surface area contributed by atoms with Crippen molar-refractivity contribution in [1.82, 2.24) is 0 Å². The highest BCUT2D eigenvalue weighted by molar-refractivity contribution is 6.69. The molecule has 0 radical (unpaired) electrons. The van der Waals surface area contributed by atoms with E-state index in [0.29, 0.717) is 0 Å². The van der Waals surface area contributed by atoms with E-state index in [9.17, 15) is 52.7 Å². The molecule has 0 heterocycles. The fourth-order valence-electron chi connectivity index (χ4n) is 2.94. The number of alkyl halides is 12. The van der Waals surface area contributed by atoms with E-state index in [1.165, 1.54) is 19.6 Å². The molecular formula is C20H16F12OSi. The number of halogens is 12. The highest BCUT2D eigenvalue weighted by Gasteiger charge is 2.41. The summed E-state index contributed by atoms with van der Waals surface area (Å²) in [5, 5.41) is 0. The van der Waals surface area contributed by atoms with Gasteiger partial charge in [0.15, 0.2) is 8.32 Å². The molecule has 0 aliphatic rings. The van der Waals surface area contributed by atoms with Crippen molar-refractivity contribution in [2.75, 3.05) is 0 Å². The van der Waals surface area contributed by atoms with Crippen LogP contribution in [0.5, 0.6) is 0 Å². The lowest BCUT2D eigenvalue weighted by Crippen LogP contribution is -2.29. The Balaban J connectivity index is 2.91. The molecule has 0 atom stereocenters. The zero-order valence-electron chi connectivity index (χ0n) is 17.5. The Kier molecular flexibility index (Phi) is 7.23. The van der Waals surface area contributed by atoms with Crippen LogP contribution < -0.4 is 0 Å². The molecule has 0 aliphatic heterocycles. The summed E-state index contributed by atoms with van der Waals surface area (Å²) in [4.78, 5) is 0. The third-order valence-corrected chi connectivity index (χ3v) is 5.24. The van der Waals surface area contributed by atoms with Crippen LogP contribution in [0.2, 0.25) is 19.6 Å². The van der Waals surface area contributed by atoms with Gasteiger partial charge in [-0.3, -0.25) is 0 Å². The van der Waals surface area contributed by atoms with E-state index in [0.717, 1.165) is 0 Å². The van der Waals surface area contributed by atoms with E-state index in [4.69, 9.17) is 4.43 Å². The molecule has 2 rings (SSSR count). The average molecular weight is 528 g/mol. The van der Waals surface area contributed by atoms with Gasteiger partial charge in [0.25, 0.3) is 0 Å². The molecule has 0 bridgehead atoms. The Bertz CT molecular complexity index is 886. The first kappa shape index (κ1) is 28.0. The van der Waals surface area contributed by atoms with Gasteiger partial charge in [0.2, 0.25) is 0 Å². The fraction of sp³-hybridized carbons (Fsp3) is 0.400. The van der Waals surface area contributed by atoms with E-state index in [-0.39, 0.29) is 36.4 Å². The summed E-state index contributed by atoms with van der Waals surface area (Å²) in [5.74, 6) is 0. The molecule has 2 aromatic carbocycles. The van der Waals surface area contributed by atoms with E-state index in [2.05, 4.69) is 0 Å². The Morgan fingerprint density at radius 3 is 0.912 bits per heavy atom. The van der Waals surface area contributed by atoms with E-state index < -0.39 is 72.5 Å². The second kappa shape index (κ2) is 8.77. The van der Waals surface area contributed by atoms with Gasteiger partial charge in [-0.15, -0.1) is 0 Å². The Morgan fingerprint density at radius 1 is 0.500 bits per heavy atom. The van der Waals surface area contributed by atoms with Crippen LogP contribution in [0.3, 0.4) is 0 Å². The third kappa shape index (κ3) is 7.14. The summed E-state index contributed by atoms with van der Waals surface area (Å²) < 4.78 is 165. The number of hydrogen-bond donors (Lipinski definition) is 0. The molecule has 0 saturated heterocycles. The van der Waals surface area contributed by atoms with Gasteiger partial charge >= 0.3 is 24.7 Å². The zero-order valence-corrected chi connectivity index (χ0v) is 18.5. The maximum Gasteiger partial charge on any atom is 0.416 e. The van der Waals surface area contributed by atoms with Crippen molar-refractivity contribution in [3.05, 3.63) is 69.8 Å². The van der Waals surface area contributed by atoms with Gasteiger partial charge in [-0.2, -0.15) is 52.7 Å². The van der Waals surface area contributed by atoms with Gasteiger partial charge in [0, 0.05) is 0 Å². The standard InChI is InChI=1S/C20H16F12OSi/c1-34(2,3)33-16(10-4-12(17(21,22)23)8-13(5-10)18(24,25)26)11-6-14(19(27,28)29)9-15(7-11)20(30,31)32/h4-9,16H,1-3H3. The van der Waals surface area contributed by atoms with Gasteiger partial charge < -0.3 is 4.43 Å². The average Bonchev–Trinajstić information content (AvgIpc) is 2.62. The van der Waals surface area contributed by atoms with Crippen LogP contribution in [0, 0.1) is 0 Å². The van der Waals surface area contributed by atoms with Crippen LogP contribution in [0.4, 0.5) is 52.7 Å². The fourth-order valence-corrected chi connectivity index (χ4v) is 3.92. The monoisotopic (exact) mass is 528 g/mol. The highest BCUT2D eigenvalue weighted by Crippen LogP contribution is 2.43. The minimum atomic E-state index is -5.29. The number of benzene rings is 2. The summed E-state index contributed by atoms with van der Waals surface area (Å²) in [7, 11) is -2.96. The summed E-state index contributed by atoms with van der Waals surface area (Å²) in [6.07, 6.45) is -23.2. The molecule has 0 saturated carbocycles. The van der Waals surface area contributed by atoms with Gasteiger partial charge in [0.05, 0.1) is 28.4 Å². The summed E-state index contributed by atoms with van der Waals surface area (Å²) in [6, 6.07) is 0.451. The van der Waals surface area contributed by atoms with E-state index in [1.54, 1.807) is 0 Å². The predicted octanol–water partition coefficient (Wildman–Crippen LogP) is 8.70. The van der Waals surface area contributed by atoms with Gasteiger partial charge in [-0.1, -0.05) is 0 Å². The lowest BCUT2D eigenvalue weighted by molar-refractivity contribution is -0.144. The van der Waals surface area contributed by atoms with Crippen LogP contribution in [0.25, 0.3) is 0 Å².